The quantitative estimate of drug-likeness (QED) is 0.807. The number of nitrogens with zero attached hydrogens (tertiary/aromatic N) is 2. The molecule has 0 amide bonds. The van der Waals surface area contributed by atoms with E-state index >= 15 is 0 Å². The zero-order valence-corrected chi connectivity index (χ0v) is 10.3. The van der Waals surface area contributed by atoms with Crippen LogP contribution in [0.15, 0.2) is 6.33 Å². The van der Waals surface area contributed by atoms with E-state index in [0.29, 0.717) is 6.04 Å². The third-order valence-corrected chi connectivity index (χ3v) is 3.53. The van der Waals surface area contributed by atoms with Gasteiger partial charge in [0.25, 0.3) is 0 Å². The highest BCUT2D eigenvalue weighted by atomic mass is 15.1. The van der Waals surface area contributed by atoms with Gasteiger partial charge in [0.2, 0.25) is 0 Å². The SMILES string of the molecule is CCN1CCC(NCc2nc[nH]c2C)CC1. The summed E-state index contributed by atoms with van der Waals surface area (Å²) in [7, 11) is 0. The number of piperidine rings is 1. The Balaban J connectivity index is 1.73. The zero-order chi connectivity index (χ0) is 11.4. The van der Waals surface area contributed by atoms with Crippen LogP contribution in [-0.4, -0.2) is 40.5 Å². The number of nitrogens with one attached hydrogen (secondary N) is 2. The molecule has 0 atom stereocenters. The summed E-state index contributed by atoms with van der Waals surface area (Å²) in [5.41, 5.74) is 2.33. The Hall–Kier alpha value is -0.870. The van der Waals surface area contributed by atoms with Gasteiger partial charge in [0.15, 0.2) is 0 Å². The van der Waals surface area contributed by atoms with Crippen molar-refractivity contribution in [2.45, 2.75) is 39.3 Å². The molecule has 1 aromatic rings. The molecule has 0 aromatic carbocycles. The molecule has 0 saturated carbocycles. The number of aromatic amines is 1. The van der Waals surface area contributed by atoms with Crippen LogP contribution in [-0.2, 0) is 6.54 Å². The molecule has 0 unspecified atom stereocenters. The molecule has 16 heavy (non-hydrogen) atoms. The van der Waals surface area contributed by atoms with Crippen LogP contribution in [0.4, 0.5) is 0 Å². The topological polar surface area (TPSA) is 44.0 Å². The standard InChI is InChI=1S/C12H22N4/c1-3-16-6-4-11(5-7-16)13-8-12-10(2)14-9-15-12/h9,11,13H,3-8H2,1-2H3,(H,14,15). The second-order valence-electron chi connectivity index (χ2n) is 4.56. The average molecular weight is 222 g/mol. The van der Waals surface area contributed by atoms with Gasteiger partial charge in [-0.2, -0.15) is 0 Å². The molecule has 4 heteroatoms. The first-order valence-electron chi connectivity index (χ1n) is 6.24. The summed E-state index contributed by atoms with van der Waals surface area (Å²) in [6.07, 6.45) is 4.29. The number of hydrogen-bond acceptors (Lipinski definition) is 3. The third kappa shape index (κ3) is 2.83. The molecular weight excluding hydrogens is 200 g/mol. The predicted octanol–water partition coefficient (Wildman–Crippen LogP) is 1.29. The molecular formula is C12H22N4. The van der Waals surface area contributed by atoms with Gasteiger partial charge < -0.3 is 15.2 Å². The number of aryl methyl sites for hydroxylation is 1. The molecule has 2 rings (SSSR count). The summed E-state index contributed by atoms with van der Waals surface area (Å²) in [5, 5.41) is 3.60. The number of H-pyrrole nitrogens is 1. The highest BCUT2D eigenvalue weighted by Crippen LogP contribution is 2.10. The van der Waals surface area contributed by atoms with E-state index in [2.05, 4.69) is 34.0 Å². The van der Waals surface area contributed by atoms with Crippen molar-refractivity contribution in [3.05, 3.63) is 17.7 Å². The van der Waals surface area contributed by atoms with E-state index in [0.717, 1.165) is 12.2 Å². The minimum Gasteiger partial charge on any atom is -0.348 e. The van der Waals surface area contributed by atoms with Gasteiger partial charge in [-0.3, -0.25) is 0 Å². The zero-order valence-electron chi connectivity index (χ0n) is 10.3. The molecule has 1 aliphatic rings. The molecule has 2 heterocycles. The molecule has 1 aromatic heterocycles. The van der Waals surface area contributed by atoms with Crippen LogP contribution in [0.5, 0.6) is 0 Å². The Kier molecular flexibility index (Phi) is 3.96. The van der Waals surface area contributed by atoms with Crippen LogP contribution in [0.3, 0.4) is 0 Å². The largest absolute Gasteiger partial charge is 0.348 e. The number of aromatic nitrogens is 2. The normalized spacial score (nSPS) is 19.1. The van der Waals surface area contributed by atoms with Gasteiger partial charge in [0.1, 0.15) is 0 Å². The summed E-state index contributed by atoms with van der Waals surface area (Å²) >= 11 is 0. The molecule has 1 aliphatic heterocycles. The van der Waals surface area contributed by atoms with E-state index in [9.17, 15) is 0 Å². The second-order valence-corrected chi connectivity index (χ2v) is 4.56. The molecule has 0 radical (unpaired) electrons. The highest BCUT2D eigenvalue weighted by Gasteiger charge is 2.17. The molecule has 1 fully saturated rings. The first kappa shape index (κ1) is 11.6. The lowest BCUT2D eigenvalue weighted by molar-refractivity contribution is 0.205. The van der Waals surface area contributed by atoms with Crippen LogP contribution in [0.1, 0.15) is 31.2 Å². The predicted molar refractivity (Wildman–Crippen MR) is 65.3 cm³/mol. The van der Waals surface area contributed by atoms with E-state index in [1.54, 1.807) is 6.33 Å². The fraction of sp³-hybridized carbons (Fsp3) is 0.750. The first-order chi connectivity index (χ1) is 7.79. The van der Waals surface area contributed by atoms with Crippen LogP contribution >= 0.6 is 0 Å². The van der Waals surface area contributed by atoms with Gasteiger partial charge >= 0.3 is 0 Å². The van der Waals surface area contributed by atoms with Crippen LogP contribution in [0.25, 0.3) is 0 Å². The molecule has 1 saturated heterocycles. The minimum absolute atomic E-state index is 0.666. The number of rotatable bonds is 4. The molecule has 0 spiro atoms. The van der Waals surface area contributed by atoms with Gasteiger partial charge in [-0.05, 0) is 39.4 Å². The number of likely N-dealkylation sites (tertiary alicyclic amines) is 1. The van der Waals surface area contributed by atoms with E-state index in [1.165, 1.54) is 38.2 Å². The molecule has 2 N–H and O–H groups in total. The third-order valence-electron chi connectivity index (χ3n) is 3.53. The fourth-order valence-corrected chi connectivity index (χ4v) is 2.26. The van der Waals surface area contributed by atoms with E-state index < -0.39 is 0 Å². The van der Waals surface area contributed by atoms with Crippen molar-refractivity contribution in [3.8, 4) is 0 Å². The lowest BCUT2D eigenvalue weighted by Gasteiger charge is -2.31. The molecule has 90 valence electrons. The number of hydrogen-bond donors (Lipinski definition) is 2. The van der Waals surface area contributed by atoms with Crippen molar-refractivity contribution in [1.82, 2.24) is 20.2 Å². The minimum atomic E-state index is 0.666. The van der Waals surface area contributed by atoms with Crippen molar-refractivity contribution in [2.24, 2.45) is 0 Å². The first-order valence-corrected chi connectivity index (χ1v) is 6.24. The van der Waals surface area contributed by atoms with Crippen molar-refractivity contribution >= 4 is 0 Å². The molecule has 4 nitrogen and oxygen atoms in total. The summed E-state index contributed by atoms with van der Waals surface area (Å²) in [6.45, 7) is 8.85. The Morgan fingerprint density at radius 2 is 2.25 bits per heavy atom. The second kappa shape index (κ2) is 5.46. The maximum atomic E-state index is 4.30. The lowest BCUT2D eigenvalue weighted by atomic mass is 10.1. The number of imidazole rings is 1. The maximum Gasteiger partial charge on any atom is 0.0925 e. The van der Waals surface area contributed by atoms with Crippen LogP contribution in [0, 0.1) is 6.92 Å². The van der Waals surface area contributed by atoms with E-state index in [1.807, 2.05) is 0 Å². The van der Waals surface area contributed by atoms with E-state index in [-0.39, 0.29) is 0 Å². The Bertz CT molecular complexity index is 313. The van der Waals surface area contributed by atoms with E-state index in [4.69, 9.17) is 0 Å². The summed E-state index contributed by atoms with van der Waals surface area (Å²) in [6, 6.07) is 0.666. The summed E-state index contributed by atoms with van der Waals surface area (Å²) in [4.78, 5) is 9.93. The summed E-state index contributed by atoms with van der Waals surface area (Å²) in [5.74, 6) is 0. The fourth-order valence-electron chi connectivity index (χ4n) is 2.26. The average Bonchev–Trinajstić information content (AvgIpc) is 2.73. The van der Waals surface area contributed by atoms with Crippen LogP contribution < -0.4 is 5.32 Å². The van der Waals surface area contributed by atoms with Gasteiger partial charge in [-0.1, -0.05) is 6.92 Å². The van der Waals surface area contributed by atoms with Crippen LogP contribution in [0.2, 0.25) is 0 Å². The van der Waals surface area contributed by atoms with Crippen molar-refractivity contribution in [2.75, 3.05) is 19.6 Å². The summed E-state index contributed by atoms with van der Waals surface area (Å²) < 4.78 is 0. The van der Waals surface area contributed by atoms with Gasteiger partial charge in [0.05, 0.1) is 12.0 Å². The Labute approximate surface area is 97.4 Å². The Morgan fingerprint density at radius 1 is 1.50 bits per heavy atom. The van der Waals surface area contributed by atoms with Gasteiger partial charge in [-0.25, -0.2) is 4.98 Å². The van der Waals surface area contributed by atoms with Gasteiger partial charge in [0, 0.05) is 18.3 Å². The van der Waals surface area contributed by atoms with Crippen molar-refractivity contribution in [3.63, 3.8) is 0 Å². The lowest BCUT2D eigenvalue weighted by Crippen LogP contribution is -2.42. The van der Waals surface area contributed by atoms with Crippen molar-refractivity contribution < 1.29 is 0 Å². The molecule has 0 bridgehead atoms. The monoisotopic (exact) mass is 222 g/mol. The highest BCUT2D eigenvalue weighted by molar-refractivity contribution is 5.08. The smallest absolute Gasteiger partial charge is 0.0925 e. The maximum absolute atomic E-state index is 4.30. The van der Waals surface area contributed by atoms with Gasteiger partial charge in [-0.15, -0.1) is 0 Å². The Morgan fingerprint density at radius 3 is 2.81 bits per heavy atom. The van der Waals surface area contributed by atoms with Crippen molar-refractivity contribution in [1.29, 1.82) is 0 Å². The molecule has 0 aliphatic carbocycles.